The Kier molecular flexibility index (Phi) is 6.27. The van der Waals surface area contributed by atoms with Gasteiger partial charge in [0.15, 0.2) is 0 Å². The van der Waals surface area contributed by atoms with Gasteiger partial charge in [-0.15, -0.1) is 10.2 Å². The highest BCUT2D eigenvalue weighted by molar-refractivity contribution is 7.86. The second kappa shape index (κ2) is 8.84. The highest BCUT2D eigenvalue weighted by Gasteiger charge is 2.13. The Balaban J connectivity index is 1.60. The summed E-state index contributed by atoms with van der Waals surface area (Å²) < 4.78 is 12.7. The Morgan fingerprint density at radius 1 is 1.12 bits per heavy atom. The number of halogens is 1. The predicted octanol–water partition coefficient (Wildman–Crippen LogP) is 4.15. The molecule has 0 aliphatic carbocycles. The van der Waals surface area contributed by atoms with E-state index >= 15 is 0 Å². The summed E-state index contributed by atoms with van der Waals surface area (Å²) in [5, 5.41) is 11.3. The predicted molar refractivity (Wildman–Crippen MR) is 106 cm³/mol. The molecule has 0 radical (unpaired) electrons. The van der Waals surface area contributed by atoms with Gasteiger partial charge in [-0.3, -0.25) is 14.3 Å². The van der Waals surface area contributed by atoms with Crippen LogP contribution in [-0.2, 0) is 21.3 Å². The maximum Gasteiger partial charge on any atom is 0.250 e. The van der Waals surface area contributed by atoms with Crippen LogP contribution in [0.3, 0.4) is 0 Å². The van der Waals surface area contributed by atoms with E-state index in [0.29, 0.717) is 20.2 Å². The van der Waals surface area contributed by atoms with Crippen LogP contribution in [-0.4, -0.2) is 20.3 Å². The third-order valence-electron chi connectivity index (χ3n) is 3.29. The number of amides is 1. The van der Waals surface area contributed by atoms with E-state index in [4.69, 9.17) is 11.6 Å². The van der Waals surface area contributed by atoms with E-state index in [1.54, 1.807) is 12.1 Å². The van der Waals surface area contributed by atoms with Crippen molar-refractivity contribution in [2.24, 2.45) is 0 Å². The molecule has 0 aliphatic rings. The summed E-state index contributed by atoms with van der Waals surface area (Å²) in [6.07, 6.45) is 2.98. The molecule has 5 nitrogen and oxygen atoms in total. The molecule has 0 fully saturated rings. The topological polar surface area (TPSA) is 72.0 Å². The molecule has 0 bridgehead atoms. The van der Waals surface area contributed by atoms with Crippen molar-refractivity contribution in [3.63, 3.8) is 0 Å². The molecular weight excluding hydrogens is 390 g/mol. The average Bonchev–Trinajstić information content (AvgIpc) is 3.10. The molecule has 8 heteroatoms. The first-order valence-corrected chi connectivity index (χ1v) is 10.1. The first kappa shape index (κ1) is 18.4. The van der Waals surface area contributed by atoms with E-state index in [-0.39, 0.29) is 5.91 Å². The minimum absolute atomic E-state index is 0.301. The van der Waals surface area contributed by atoms with Crippen molar-refractivity contribution in [2.45, 2.75) is 10.1 Å². The summed E-state index contributed by atoms with van der Waals surface area (Å²) in [6, 6.07) is 16.7. The van der Waals surface area contributed by atoms with Gasteiger partial charge in [0.2, 0.25) is 15.4 Å². The van der Waals surface area contributed by atoms with Gasteiger partial charge in [0, 0.05) is 11.1 Å². The molecule has 26 heavy (non-hydrogen) atoms. The first-order valence-electron chi connectivity index (χ1n) is 7.61. The minimum Gasteiger partial charge on any atom is -0.297 e. The van der Waals surface area contributed by atoms with Crippen molar-refractivity contribution in [3.8, 4) is 0 Å². The zero-order valence-electron chi connectivity index (χ0n) is 13.5. The molecule has 1 atom stereocenters. The fourth-order valence-electron chi connectivity index (χ4n) is 2.06. The number of anilines is 1. The van der Waals surface area contributed by atoms with Crippen LogP contribution in [0.4, 0.5) is 5.13 Å². The molecule has 1 N–H and O–H groups in total. The average molecular weight is 404 g/mol. The Morgan fingerprint density at radius 2 is 1.85 bits per heavy atom. The highest BCUT2D eigenvalue weighted by atomic mass is 35.5. The van der Waals surface area contributed by atoms with E-state index in [1.165, 1.54) is 6.08 Å². The van der Waals surface area contributed by atoms with Crippen LogP contribution in [0.1, 0.15) is 11.1 Å². The number of aromatic nitrogens is 2. The van der Waals surface area contributed by atoms with Crippen molar-refractivity contribution in [1.29, 1.82) is 0 Å². The number of hydrogen-bond acceptors (Lipinski definition) is 5. The molecule has 0 saturated carbocycles. The fraction of sp³-hybridized carbons (Fsp3) is 0.0556. The monoisotopic (exact) mass is 403 g/mol. The summed E-state index contributed by atoms with van der Waals surface area (Å²) in [4.78, 5) is 12.0. The van der Waals surface area contributed by atoms with Crippen LogP contribution in [0.5, 0.6) is 0 Å². The van der Waals surface area contributed by atoms with Gasteiger partial charge >= 0.3 is 0 Å². The first-order chi connectivity index (χ1) is 12.6. The normalized spacial score (nSPS) is 12.2. The van der Waals surface area contributed by atoms with Crippen LogP contribution >= 0.6 is 22.9 Å². The molecule has 3 aromatic rings. The van der Waals surface area contributed by atoms with Crippen molar-refractivity contribution < 1.29 is 9.00 Å². The van der Waals surface area contributed by atoms with Crippen molar-refractivity contribution in [3.05, 3.63) is 76.8 Å². The second-order valence-corrected chi connectivity index (χ2v) is 8.20. The molecular formula is C18H14ClN3O2S2. The minimum atomic E-state index is -1.31. The van der Waals surface area contributed by atoms with Gasteiger partial charge in [-0.25, -0.2) is 0 Å². The summed E-state index contributed by atoms with van der Waals surface area (Å²) in [7, 11) is -1.31. The zero-order chi connectivity index (χ0) is 18.4. The quantitative estimate of drug-likeness (QED) is 0.495. The molecule has 0 aliphatic heterocycles. The van der Waals surface area contributed by atoms with Gasteiger partial charge in [-0.05, 0) is 23.3 Å². The van der Waals surface area contributed by atoms with E-state index < -0.39 is 10.8 Å². The number of benzene rings is 2. The highest BCUT2D eigenvalue weighted by Crippen LogP contribution is 2.21. The van der Waals surface area contributed by atoms with E-state index in [9.17, 15) is 9.00 Å². The number of nitrogens with zero attached hydrogens (tertiary/aromatic N) is 2. The third kappa shape index (κ3) is 5.08. The molecule has 0 unspecified atom stereocenters. The van der Waals surface area contributed by atoms with Crippen molar-refractivity contribution in [1.82, 2.24) is 10.2 Å². The molecule has 3 rings (SSSR count). The van der Waals surface area contributed by atoms with E-state index in [0.717, 1.165) is 22.5 Å². The van der Waals surface area contributed by atoms with Crippen LogP contribution in [0.15, 0.2) is 65.0 Å². The lowest BCUT2D eigenvalue weighted by Crippen LogP contribution is -2.07. The Morgan fingerprint density at radius 3 is 2.62 bits per heavy atom. The molecule has 132 valence electrons. The molecule has 1 heterocycles. The number of carbonyl (C=O) groups excluding carboxylic acids is 1. The Hall–Kier alpha value is -2.35. The maximum absolute atomic E-state index is 12.3. The van der Waals surface area contributed by atoms with Crippen LogP contribution in [0.25, 0.3) is 6.08 Å². The number of hydrogen-bond donors (Lipinski definition) is 1. The van der Waals surface area contributed by atoms with E-state index in [2.05, 4.69) is 15.5 Å². The lowest BCUT2D eigenvalue weighted by atomic mass is 10.2. The van der Waals surface area contributed by atoms with Gasteiger partial charge in [0.1, 0.15) is 0 Å². The number of nitrogens with one attached hydrogen (secondary N) is 1. The summed E-state index contributed by atoms with van der Waals surface area (Å²) in [5.74, 6) is -0.00278. The van der Waals surface area contributed by atoms with Crippen LogP contribution < -0.4 is 5.32 Å². The summed E-state index contributed by atoms with van der Waals surface area (Å²) in [5.41, 5.74) is 1.69. The molecule has 0 saturated heterocycles. The largest absolute Gasteiger partial charge is 0.297 e. The van der Waals surface area contributed by atoms with Crippen LogP contribution in [0, 0.1) is 0 Å². The SMILES string of the molecule is O=C(/C=C\c1ccccc1Cl)Nc1nnc([S@](=O)Cc2ccccc2)s1. The molecule has 0 spiro atoms. The van der Waals surface area contributed by atoms with Gasteiger partial charge in [0.25, 0.3) is 0 Å². The molecule has 1 amide bonds. The molecule has 1 aromatic heterocycles. The van der Waals surface area contributed by atoms with Gasteiger partial charge in [-0.1, -0.05) is 71.5 Å². The Bertz CT molecular complexity index is 958. The van der Waals surface area contributed by atoms with Crippen LogP contribution in [0.2, 0.25) is 5.02 Å². The van der Waals surface area contributed by atoms with Gasteiger partial charge in [-0.2, -0.15) is 0 Å². The molecule has 2 aromatic carbocycles. The summed E-state index contributed by atoms with van der Waals surface area (Å²) in [6.45, 7) is 0. The van der Waals surface area contributed by atoms with Crippen molar-refractivity contribution in [2.75, 3.05) is 5.32 Å². The van der Waals surface area contributed by atoms with E-state index in [1.807, 2.05) is 48.5 Å². The standard InChI is InChI=1S/C18H14ClN3O2S2/c19-15-9-5-4-8-14(15)10-11-16(23)20-17-21-22-18(25-17)26(24)12-13-6-2-1-3-7-13/h1-11H,12H2,(H,20,21,23)/b11-10-/t26-/m1/s1. The number of rotatable bonds is 6. The third-order valence-corrected chi connectivity index (χ3v) is 6.14. The van der Waals surface area contributed by atoms with Gasteiger partial charge in [0.05, 0.1) is 16.6 Å². The Labute approximate surface area is 162 Å². The maximum atomic E-state index is 12.3. The lowest BCUT2D eigenvalue weighted by molar-refractivity contribution is -0.111. The van der Waals surface area contributed by atoms with Crippen molar-refractivity contribution >= 4 is 50.9 Å². The van der Waals surface area contributed by atoms with Gasteiger partial charge < -0.3 is 0 Å². The fourth-order valence-corrected chi connectivity index (χ4v) is 4.28. The second-order valence-electron chi connectivity index (χ2n) is 5.19. The lowest BCUT2D eigenvalue weighted by Gasteiger charge is -1.98. The zero-order valence-corrected chi connectivity index (χ0v) is 15.9. The smallest absolute Gasteiger partial charge is 0.250 e. The summed E-state index contributed by atoms with van der Waals surface area (Å²) >= 11 is 7.13. The number of carbonyl (C=O) groups is 1.